The summed E-state index contributed by atoms with van der Waals surface area (Å²) in [6.45, 7) is 6.23. The number of aryl methyl sites for hydroxylation is 4. The zero-order valence-corrected chi connectivity index (χ0v) is 20.4. The first-order chi connectivity index (χ1) is 17.0. The van der Waals surface area contributed by atoms with E-state index in [0.29, 0.717) is 18.7 Å². The number of nitrogens with one attached hydrogen (secondary N) is 1. The molecule has 0 bridgehead atoms. The molecule has 4 aromatic rings. The van der Waals surface area contributed by atoms with E-state index in [1.54, 1.807) is 0 Å². The number of carbonyl (C=O) groups excluding carboxylic acids is 1. The highest BCUT2D eigenvalue weighted by Gasteiger charge is 2.11. The molecule has 35 heavy (non-hydrogen) atoms. The van der Waals surface area contributed by atoms with E-state index in [1.165, 1.54) is 29.8 Å². The minimum Gasteiger partial charge on any atom is -0.493 e. The Balaban J connectivity index is 1.29. The first-order valence-corrected chi connectivity index (χ1v) is 12.2. The van der Waals surface area contributed by atoms with Gasteiger partial charge in [0.2, 0.25) is 0 Å². The second-order valence-electron chi connectivity index (χ2n) is 8.86. The normalized spacial score (nSPS) is 11.1. The zero-order chi connectivity index (χ0) is 24.6. The van der Waals surface area contributed by atoms with E-state index >= 15 is 0 Å². The van der Waals surface area contributed by atoms with Crippen molar-refractivity contribution in [3.8, 4) is 5.75 Å². The van der Waals surface area contributed by atoms with Crippen LogP contribution in [0.25, 0.3) is 11.0 Å². The zero-order valence-electron chi connectivity index (χ0n) is 20.4. The topological polar surface area (TPSA) is 56.1 Å². The third-order valence-corrected chi connectivity index (χ3v) is 6.08. The Kier molecular flexibility index (Phi) is 8.14. The molecule has 1 aromatic heterocycles. The Hall–Kier alpha value is -3.67. The maximum atomic E-state index is 13.1. The Morgan fingerprint density at radius 2 is 1.80 bits per heavy atom. The summed E-state index contributed by atoms with van der Waals surface area (Å²) in [7, 11) is 0. The van der Waals surface area contributed by atoms with E-state index in [0.717, 1.165) is 60.4 Å². The molecular formula is C29H32FN3O2. The third kappa shape index (κ3) is 6.47. The molecule has 3 aromatic carbocycles. The number of fused-ring (bicyclic) bond motifs is 1. The van der Waals surface area contributed by atoms with Gasteiger partial charge in [0.05, 0.1) is 17.6 Å². The number of hydrogen-bond acceptors (Lipinski definition) is 3. The van der Waals surface area contributed by atoms with Crippen molar-refractivity contribution in [1.29, 1.82) is 0 Å². The Labute approximate surface area is 206 Å². The second-order valence-corrected chi connectivity index (χ2v) is 8.86. The number of aromatic nitrogens is 2. The predicted octanol–water partition coefficient (Wildman–Crippen LogP) is 6.01. The number of hydrogen-bond donors (Lipinski definition) is 1. The van der Waals surface area contributed by atoms with Crippen molar-refractivity contribution in [2.75, 3.05) is 13.2 Å². The fourth-order valence-electron chi connectivity index (χ4n) is 4.13. The van der Waals surface area contributed by atoms with Gasteiger partial charge in [-0.1, -0.05) is 24.3 Å². The Morgan fingerprint density at radius 3 is 2.63 bits per heavy atom. The maximum Gasteiger partial charge on any atom is 0.251 e. The number of nitrogens with zero attached hydrogens (tertiary/aromatic N) is 2. The molecule has 1 amide bonds. The van der Waals surface area contributed by atoms with Gasteiger partial charge in [-0.3, -0.25) is 4.79 Å². The number of benzene rings is 3. The van der Waals surface area contributed by atoms with Crippen LogP contribution >= 0.6 is 0 Å². The lowest BCUT2D eigenvalue weighted by Gasteiger charge is -2.12. The van der Waals surface area contributed by atoms with Crippen LogP contribution in [0.15, 0.2) is 66.7 Å². The van der Waals surface area contributed by atoms with Gasteiger partial charge in [0.1, 0.15) is 17.4 Å². The van der Waals surface area contributed by atoms with Crippen molar-refractivity contribution in [3.63, 3.8) is 0 Å². The molecule has 4 rings (SSSR count). The fraction of sp³-hybridized carbons (Fsp3) is 0.310. The Bertz CT molecular complexity index is 1280. The molecule has 5 nitrogen and oxygen atoms in total. The van der Waals surface area contributed by atoms with Crippen LogP contribution in [-0.4, -0.2) is 28.6 Å². The van der Waals surface area contributed by atoms with Gasteiger partial charge in [0, 0.05) is 25.1 Å². The molecule has 0 saturated heterocycles. The van der Waals surface area contributed by atoms with Gasteiger partial charge in [-0.2, -0.15) is 0 Å². The van der Waals surface area contributed by atoms with Crippen LogP contribution in [0.2, 0.25) is 0 Å². The van der Waals surface area contributed by atoms with Crippen molar-refractivity contribution in [1.82, 2.24) is 14.9 Å². The number of carbonyl (C=O) groups is 1. The lowest BCUT2D eigenvalue weighted by atomic mass is 10.1. The summed E-state index contributed by atoms with van der Waals surface area (Å²) >= 11 is 0. The van der Waals surface area contributed by atoms with E-state index in [4.69, 9.17) is 9.72 Å². The number of imidazole rings is 1. The van der Waals surface area contributed by atoms with Gasteiger partial charge >= 0.3 is 0 Å². The first-order valence-electron chi connectivity index (χ1n) is 12.2. The van der Waals surface area contributed by atoms with E-state index in [1.807, 2.05) is 18.2 Å². The highest BCUT2D eigenvalue weighted by molar-refractivity contribution is 5.94. The molecule has 0 aliphatic heterocycles. The van der Waals surface area contributed by atoms with Crippen molar-refractivity contribution < 1.29 is 13.9 Å². The highest BCUT2D eigenvalue weighted by atomic mass is 19.1. The van der Waals surface area contributed by atoms with Crippen LogP contribution in [-0.2, 0) is 13.0 Å². The van der Waals surface area contributed by atoms with Crippen LogP contribution in [0.5, 0.6) is 5.75 Å². The van der Waals surface area contributed by atoms with Gasteiger partial charge in [-0.25, -0.2) is 9.37 Å². The van der Waals surface area contributed by atoms with E-state index in [9.17, 15) is 9.18 Å². The highest BCUT2D eigenvalue weighted by Crippen LogP contribution is 2.20. The summed E-state index contributed by atoms with van der Waals surface area (Å²) in [6, 6.07) is 20.0. The average molecular weight is 474 g/mol. The standard InChI is InChI=1S/C29H32FN3O2/c1-21-11-12-22(2)27(20-21)35-19-6-5-18-33-26-9-4-3-8-25(26)32-28(33)10-7-17-31-29(34)23-13-15-24(30)16-14-23/h3-4,8-9,11-16,20H,5-7,10,17-19H2,1-2H3,(H,31,34). The van der Waals surface area contributed by atoms with Crippen molar-refractivity contribution in [3.05, 3.63) is 95.1 Å². The smallest absolute Gasteiger partial charge is 0.251 e. The summed E-state index contributed by atoms with van der Waals surface area (Å²) in [6.07, 6.45) is 3.47. The van der Waals surface area contributed by atoms with Gasteiger partial charge in [-0.05, 0) is 86.7 Å². The first kappa shape index (κ1) is 24.5. The molecule has 0 atom stereocenters. The number of ether oxygens (including phenoxy) is 1. The van der Waals surface area contributed by atoms with E-state index in [-0.39, 0.29) is 11.7 Å². The SMILES string of the molecule is Cc1ccc(C)c(OCCCCn2c(CCCNC(=O)c3ccc(F)cc3)nc3ccccc32)c1. The molecule has 182 valence electrons. The number of rotatable bonds is 11. The number of halogens is 1. The molecule has 0 unspecified atom stereocenters. The van der Waals surface area contributed by atoms with Crippen LogP contribution in [0.4, 0.5) is 4.39 Å². The maximum absolute atomic E-state index is 13.1. The van der Waals surface area contributed by atoms with Gasteiger partial charge in [0.15, 0.2) is 0 Å². The largest absolute Gasteiger partial charge is 0.493 e. The molecule has 0 aliphatic carbocycles. The lowest BCUT2D eigenvalue weighted by molar-refractivity contribution is 0.0953. The summed E-state index contributed by atoms with van der Waals surface area (Å²) in [5.74, 6) is 1.44. The summed E-state index contributed by atoms with van der Waals surface area (Å²) < 4.78 is 21.4. The number of amides is 1. The molecular weight excluding hydrogens is 441 g/mol. The molecule has 1 heterocycles. The molecule has 6 heteroatoms. The van der Waals surface area contributed by atoms with Gasteiger partial charge < -0.3 is 14.6 Å². The Morgan fingerprint density at radius 1 is 1.00 bits per heavy atom. The third-order valence-electron chi connectivity index (χ3n) is 6.08. The van der Waals surface area contributed by atoms with Crippen LogP contribution in [0, 0.1) is 19.7 Å². The second kappa shape index (κ2) is 11.6. The molecule has 0 fully saturated rings. The van der Waals surface area contributed by atoms with Crippen LogP contribution < -0.4 is 10.1 Å². The van der Waals surface area contributed by atoms with Crippen LogP contribution in [0.1, 0.15) is 46.6 Å². The minimum absolute atomic E-state index is 0.192. The van der Waals surface area contributed by atoms with E-state index in [2.05, 4.69) is 48.0 Å². The van der Waals surface area contributed by atoms with Crippen LogP contribution in [0.3, 0.4) is 0 Å². The fourth-order valence-corrected chi connectivity index (χ4v) is 4.13. The lowest BCUT2D eigenvalue weighted by Crippen LogP contribution is -2.25. The molecule has 0 aliphatic rings. The van der Waals surface area contributed by atoms with Crippen molar-refractivity contribution in [2.24, 2.45) is 0 Å². The summed E-state index contributed by atoms with van der Waals surface area (Å²) in [4.78, 5) is 17.1. The number of para-hydroxylation sites is 2. The van der Waals surface area contributed by atoms with E-state index < -0.39 is 0 Å². The summed E-state index contributed by atoms with van der Waals surface area (Å²) in [5.41, 5.74) is 4.94. The average Bonchev–Trinajstić information content (AvgIpc) is 3.21. The summed E-state index contributed by atoms with van der Waals surface area (Å²) in [5, 5.41) is 2.91. The van der Waals surface area contributed by atoms with Crippen molar-refractivity contribution in [2.45, 2.75) is 46.1 Å². The number of unbranched alkanes of at least 4 members (excludes halogenated alkanes) is 1. The van der Waals surface area contributed by atoms with Gasteiger partial charge in [0.25, 0.3) is 5.91 Å². The molecule has 1 N–H and O–H groups in total. The molecule has 0 spiro atoms. The minimum atomic E-state index is -0.350. The quantitative estimate of drug-likeness (QED) is 0.271. The van der Waals surface area contributed by atoms with Gasteiger partial charge in [-0.15, -0.1) is 0 Å². The van der Waals surface area contributed by atoms with Crippen molar-refractivity contribution >= 4 is 16.9 Å². The predicted molar refractivity (Wildman–Crippen MR) is 137 cm³/mol. The molecule has 0 saturated carbocycles. The monoisotopic (exact) mass is 473 g/mol. The molecule has 0 radical (unpaired) electrons.